The van der Waals surface area contributed by atoms with Crippen molar-refractivity contribution in [2.75, 3.05) is 13.2 Å². The minimum absolute atomic E-state index is 0.352. The van der Waals surface area contributed by atoms with E-state index < -0.39 is 0 Å². The summed E-state index contributed by atoms with van der Waals surface area (Å²) in [5.74, 6) is 2.41. The molecule has 1 aliphatic rings. The zero-order valence-electron chi connectivity index (χ0n) is 10.7. The SMILES string of the molecule is CC(C)CCC(Br)c1cc2c(cc1Br)OCCO2. The van der Waals surface area contributed by atoms with Crippen LogP contribution >= 0.6 is 31.9 Å². The fourth-order valence-electron chi connectivity index (χ4n) is 1.95. The Kier molecular flexibility index (Phi) is 4.96. The van der Waals surface area contributed by atoms with Crippen molar-refractivity contribution in [1.29, 1.82) is 0 Å². The van der Waals surface area contributed by atoms with E-state index in [2.05, 4.69) is 51.8 Å². The summed E-state index contributed by atoms with van der Waals surface area (Å²) < 4.78 is 12.3. The van der Waals surface area contributed by atoms with Gasteiger partial charge in [0.2, 0.25) is 0 Å². The van der Waals surface area contributed by atoms with Gasteiger partial charge >= 0.3 is 0 Å². The summed E-state index contributed by atoms with van der Waals surface area (Å²) in [6.45, 7) is 5.76. The topological polar surface area (TPSA) is 18.5 Å². The van der Waals surface area contributed by atoms with Crippen molar-refractivity contribution in [3.8, 4) is 11.5 Å². The summed E-state index contributed by atoms with van der Waals surface area (Å²) in [4.78, 5) is 0.352. The van der Waals surface area contributed by atoms with Crippen molar-refractivity contribution in [1.82, 2.24) is 0 Å². The zero-order valence-corrected chi connectivity index (χ0v) is 13.9. The molecule has 0 aromatic heterocycles. The molecule has 1 aliphatic heterocycles. The van der Waals surface area contributed by atoms with E-state index in [0.717, 1.165) is 28.3 Å². The molecule has 0 spiro atoms. The third-order valence-electron chi connectivity index (χ3n) is 3.00. The van der Waals surface area contributed by atoms with Crippen molar-refractivity contribution in [2.24, 2.45) is 5.92 Å². The molecule has 2 rings (SSSR count). The molecule has 18 heavy (non-hydrogen) atoms. The Labute approximate surface area is 125 Å². The normalized spacial score (nSPS) is 15.8. The Morgan fingerprint density at radius 1 is 1.11 bits per heavy atom. The van der Waals surface area contributed by atoms with Crippen molar-refractivity contribution in [3.63, 3.8) is 0 Å². The Hall–Kier alpha value is -0.220. The van der Waals surface area contributed by atoms with Crippen LogP contribution in [0.1, 0.15) is 37.1 Å². The first-order valence-corrected chi connectivity index (χ1v) is 8.02. The predicted octanol–water partition coefficient (Wildman–Crippen LogP) is 5.09. The smallest absolute Gasteiger partial charge is 0.162 e. The first kappa shape index (κ1) is 14.2. The van der Waals surface area contributed by atoms with Crippen LogP contribution in [0.5, 0.6) is 11.5 Å². The molecule has 0 aliphatic carbocycles. The van der Waals surface area contributed by atoms with Gasteiger partial charge in [0.15, 0.2) is 11.5 Å². The van der Waals surface area contributed by atoms with Crippen LogP contribution in [-0.4, -0.2) is 13.2 Å². The second-order valence-corrected chi connectivity index (χ2v) is 6.92. The average molecular weight is 378 g/mol. The Bertz CT molecular complexity index is 419. The van der Waals surface area contributed by atoms with Crippen molar-refractivity contribution in [2.45, 2.75) is 31.5 Å². The summed E-state index contributed by atoms with van der Waals surface area (Å²) in [5.41, 5.74) is 1.24. The molecule has 0 saturated carbocycles. The molecular weight excluding hydrogens is 360 g/mol. The lowest BCUT2D eigenvalue weighted by Crippen LogP contribution is -2.15. The van der Waals surface area contributed by atoms with Crippen LogP contribution in [0.3, 0.4) is 0 Å². The van der Waals surface area contributed by atoms with Gasteiger partial charge in [-0.15, -0.1) is 0 Å². The largest absolute Gasteiger partial charge is 0.486 e. The standard InChI is InChI=1S/C14H18Br2O2/c1-9(2)3-4-11(15)10-7-13-14(8-12(10)16)18-6-5-17-13/h7-9,11H,3-6H2,1-2H3. The monoisotopic (exact) mass is 376 g/mol. The maximum Gasteiger partial charge on any atom is 0.162 e. The third-order valence-corrected chi connectivity index (χ3v) is 4.63. The fourth-order valence-corrected chi connectivity index (χ4v) is 3.50. The average Bonchev–Trinajstić information content (AvgIpc) is 2.35. The number of hydrogen-bond acceptors (Lipinski definition) is 2. The molecule has 0 N–H and O–H groups in total. The molecule has 2 nitrogen and oxygen atoms in total. The minimum atomic E-state index is 0.352. The molecule has 0 amide bonds. The molecule has 1 unspecified atom stereocenters. The Morgan fingerprint density at radius 2 is 1.72 bits per heavy atom. The maximum absolute atomic E-state index is 5.63. The Morgan fingerprint density at radius 3 is 2.33 bits per heavy atom. The molecule has 1 aromatic carbocycles. The zero-order chi connectivity index (χ0) is 13.1. The molecule has 0 bridgehead atoms. The highest BCUT2D eigenvalue weighted by Gasteiger charge is 2.18. The van der Waals surface area contributed by atoms with Crippen LogP contribution in [0.15, 0.2) is 16.6 Å². The summed E-state index contributed by atoms with van der Waals surface area (Å²) in [6.07, 6.45) is 2.33. The second-order valence-electron chi connectivity index (χ2n) is 4.96. The van der Waals surface area contributed by atoms with Crippen LogP contribution in [0.2, 0.25) is 0 Å². The first-order chi connectivity index (χ1) is 8.58. The molecular formula is C14H18Br2O2. The molecule has 1 aromatic rings. The van der Waals surface area contributed by atoms with E-state index in [-0.39, 0.29) is 0 Å². The van der Waals surface area contributed by atoms with Crippen LogP contribution in [0, 0.1) is 5.92 Å². The lowest BCUT2D eigenvalue weighted by Gasteiger charge is -2.21. The van der Waals surface area contributed by atoms with E-state index in [1.165, 1.54) is 12.0 Å². The van der Waals surface area contributed by atoms with Crippen molar-refractivity contribution < 1.29 is 9.47 Å². The first-order valence-electron chi connectivity index (χ1n) is 6.31. The Balaban J connectivity index is 2.17. The van der Waals surface area contributed by atoms with Gasteiger partial charge in [-0.2, -0.15) is 0 Å². The maximum atomic E-state index is 5.63. The number of fused-ring (bicyclic) bond motifs is 1. The highest BCUT2D eigenvalue weighted by Crippen LogP contribution is 2.41. The van der Waals surface area contributed by atoms with Crippen molar-refractivity contribution in [3.05, 3.63) is 22.2 Å². The number of hydrogen-bond donors (Lipinski definition) is 0. The van der Waals surface area contributed by atoms with E-state index in [1.807, 2.05) is 6.07 Å². The molecule has 100 valence electrons. The van der Waals surface area contributed by atoms with E-state index in [4.69, 9.17) is 9.47 Å². The van der Waals surface area contributed by atoms with E-state index in [1.54, 1.807) is 0 Å². The predicted molar refractivity (Wildman–Crippen MR) is 80.9 cm³/mol. The minimum Gasteiger partial charge on any atom is -0.486 e. The van der Waals surface area contributed by atoms with E-state index >= 15 is 0 Å². The number of alkyl halides is 1. The number of halogens is 2. The van der Waals surface area contributed by atoms with Gasteiger partial charge in [0.05, 0.1) is 0 Å². The summed E-state index contributed by atoms with van der Waals surface area (Å²) in [6, 6.07) is 4.09. The quantitative estimate of drug-likeness (QED) is 0.680. The molecule has 0 fully saturated rings. The van der Waals surface area contributed by atoms with Gasteiger partial charge in [0.1, 0.15) is 13.2 Å². The lowest BCUT2D eigenvalue weighted by molar-refractivity contribution is 0.171. The van der Waals surface area contributed by atoms with Crippen LogP contribution in [-0.2, 0) is 0 Å². The van der Waals surface area contributed by atoms with Gasteiger partial charge in [-0.1, -0.05) is 45.7 Å². The third kappa shape index (κ3) is 3.41. The highest BCUT2D eigenvalue weighted by molar-refractivity contribution is 9.11. The van der Waals surface area contributed by atoms with E-state index in [0.29, 0.717) is 18.0 Å². The molecule has 1 atom stereocenters. The van der Waals surface area contributed by atoms with Gasteiger partial charge < -0.3 is 9.47 Å². The molecule has 1 heterocycles. The van der Waals surface area contributed by atoms with E-state index in [9.17, 15) is 0 Å². The second kappa shape index (κ2) is 6.29. The fraction of sp³-hybridized carbons (Fsp3) is 0.571. The molecule has 4 heteroatoms. The molecule has 0 radical (unpaired) electrons. The van der Waals surface area contributed by atoms with Crippen LogP contribution < -0.4 is 9.47 Å². The van der Waals surface area contributed by atoms with Crippen molar-refractivity contribution >= 4 is 31.9 Å². The van der Waals surface area contributed by atoms with Gasteiger partial charge in [0.25, 0.3) is 0 Å². The summed E-state index contributed by atoms with van der Waals surface area (Å²) >= 11 is 7.38. The van der Waals surface area contributed by atoms with Gasteiger partial charge in [0, 0.05) is 9.30 Å². The summed E-state index contributed by atoms with van der Waals surface area (Å²) in [7, 11) is 0. The number of rotatable bonds is 4. The summed E-state index contributed by atoms with van der Waals surface area (Å²) in [5, 5.41) is 0. The lowest BCUT2D eigenvalue weighted by atomic mass is 10.0. The van der Waals surface area contributed by atoms with Crippen LogP contribution in [0.25, 0.3) is 0 Å². The molecule has 0 saturated heterocycles. The number of benzene rings is 1. The number of ether oxygens (including phenoxy) is 2. The van der Waals surface area contributed by atoms with Gasteiger partial charge in [-0.25, -0.2) is 0 Å². The highest BCUT2D eigenvalue weighted by atomic mass is 79.9. The van der Waals surface area contributed by atoms with Gasteiger partial charge in [-0.3, -0.25) is 0 Å². The van der Waals surface area contributed by atoms with Crippen LogP contribution in [0.4, 0.5) is 0 Å². The van der Waals surface area contributed by atoms with Gasteiger partial charge in [-0.05, 0) is 36.5 Å².